The number of carbonyl (C=O) groups is 1. The molecule has 0 radical (unpaired) electrons. The number of hydrogen-bond donors (Lipinski definition) is 2. The summed E-state index contributed by atoms with van der Waals surface area (Å²) in [5, 5.41) is 2.39. The van der Waals surface area contributed by atoms with Crippen LogP contribution in [0.5, 0.6) is 0 Å². The molecule has 1 aliphatic rings. The molecule has 1 saturated carbocycles. The van der Waals surface area contributed by atoms with Crippen molar-refractivity contribution >= 4 is 17.5 Å². The molecule has 208 valence electrons. The van der Waals surface area contributed by atoms with Crippen LogP contribution in [0.3, 0.4) is 0 Å². The molecular weight excluding hydrogens is 559 g/mol. The molecule has 0 unspecified atom stereocenters. The Labute approximate surface area is 221 Å². The van der Waals surface area contributed by atoms with E-state index in [-0.39, 0.29) is 23.3 Å². The second kappa shape index (κ2) is 11.3. The highest BCUT2D eigenvalue weighted by Gasteiger charge is 2.38. The number of benzene rings is 2. The van der Waals surface area contributed by atoms with Crippen LogP contribution in [-0.2, 0) is 28.9 Å². The van der Waals surface area contributed by atoms with Gasteiger partial charge in [-0.15, -0.1) is 0 Å². The molecule has 0 saturated heterocycles. The molecular formula is C25H19ClF7N3O3. The van der Waals surface area contributed by atoms with E-state index < -0.39 is 70.8 Å². The van der Waals surface area contributed by atoms with E-state index in [0.717, 1.165) is 6.07 Å². The first kappa shape index (κ1) is 28.6. The third-order valence-corrected chi connectivity index (χ3v) is 6.43. The highest BCUT2D eigenvalue weighted by atomic mass is 35.5. The van der Waals surface area contributed by atoms with Crippen molar-refractivity contribution in [3.8, 4) is 11.4 Å². The average molecular weight is 578 g/mol. The van der Waals surface area contributed by atoms with Gasteiger partial charge in [-0.2, -0.15) is 13.2 Å². The first-order valence-electron chi connectivity index (χ1n) is 11.4. The number of aromatic amines is 1. The van der Waals surface area contributed by atoms with Crippen molar-refractivity contribution in [1.29, 1.82) is 0 Å². The summed E-state index contributed by atoms with van der Waals surface area (Å²) in [5.41, 5.74) is -4.80. The lowest BCUT2D eigenvalue weighted by molar-refractivity contribution is -0.137. The lowest BCUT2D eigenvalue weighted by Gasteiger charge is -2.34. The van der Waals surface area contributed by atoms with Crippen molar-refractivity contribution in [3.63, 3.8) is 0 Å². The predicted octanol–water partition coefficient (Wildman–Crippen LogP) is 5.94. The topological polar surface area (TPSA) is 84.1 Å². The highest BCUT2D eigenvalue weighted by Crippen LogP contribution is 2.39. The maximum atomic E-state index is 15.3. The molecule has 0 spiro atoms. The van der Waals surface area contributed by atoms with E-state index >= 15 is 4.39 Å². The number of hydrogen-bond acceptors (Lipinski definition) is 4. The van der Waals surface area contributed by atoms with Gasteiger partial charge in [0.05, 0.1) is 28.9 Å². The fourth-order valence-corrected chi connectivity index (χ4v) is 4.22. The van der Waals surface area contributed by atoms with Crippen molar-refractivity contribution in [2.75, 3.05) is 0 Å². The van der Waals surface area contributed by atoms with Gasteiger partial charge in [0.15, 0.2) is 0 Å². The Morgan fingerprint density at radius 1 is 1.15 bits per heavy atom. The summed E-state index contributed by atoms with van der Waals surface area (Å²) in [7, 11) is 0. The molecule has 39 heavy (non-hydrogen) atoms. The molecule has 0 aliphatic heterocycles. The van der Waals surface area contributed by atoms with Crippen molar-refractivity contribution in [2.24, 2.45) is 5.92 Å². The molecule has 1 fully saturated rings. The van der Waals surface area contributed by atoms with Crippen LogP contribution < -0.4 is 10.9 Å². The molecule has 1 aromatic heterocycles. The van der Waals surface area contributed by atoms with Crippen LogP contribution in [0.1, 0.15) is 41.7 Å². The fourth-order valence-electron chi connectivity index (χ4n) is 4.02. The standard InChI is InChI=1S/C25H19ClF7N3O3/c26-16-5-11(1-4-17(16)27)10-39-14-6-13(7-14)24(38)34-9-12-2-3-15(25(31,32)33)20(21(12)28)23-35-18(22(29)30)8-19(37)36-23/h1-5,8,13-14,22H,6-7,9-10H2,(H,34,38)(H,35,36,37)/t13-,14-. The van der Waals surface area contributed by atoms with Gasteiger partial charge in [0.1, 0.15) is 23.2 Å². The van der Waals surface area contributed by atoms with Crippen LogP contribution >= 0.6 is 11.6 Å². The van der Waals surface area contributed by atoms with E-state index in [1.54, 1.807) is 0 Å². The van der Waals surface area contributed by atoms with Crippen LogP contribution in [-0.4, -0.2) is 22.0 Å². The maximum absolute atomic E-state index is 15.3. The van der Waals surface area contributed by atoms with Crippen molar-refractivity contribution in [1.82, 2.24) is 15.3 Å². The third-order valence-electron chi connectivity index (χ3n) is 6.14. The van der Waals surface area contributed by atoms with Gasteiger partial charge in [0, 0.05) is 24.1 Å². The fraction of sp³-hybridized carbons (Fsp3) is 0.320. The smallest absolute Gasteiger partial charge is 0.373 e. The zero-order valence-electron chi connectivity index (χ0n) is 19.7. The minimum absolute atomic E-state index is 0.0514. The second-order valence-electron chi connectivity index (χ2n) is 8.85. The summed E-state index contributed by atoms with van der Waals surface area (Å²) in [6, 6.07) is 5.84. The molecule has 1 amide bonds. The lowest BCUT2D eigenvalue weighted by Crippen LogP contribution is -2.42. The summed E-state index contributed by atoms with van der Waals surface area (Å²) in [6.45, 7) is -0.369. The first-order chi connectivity index (χ1) is 18.3. The number of ether oxygens (including phenoxy) is 1. The SMILES string of the molecule is O=c1cc(C(F)F)nc(-c2c(C(F)(F)F)ccc(CNC(=O)[C@H]3C[C@H](OCc4ccc(F)c(Cl)c4)C3)c2F)[nH]1. The van der Waals surface area contributed by atoms with Gasteiger partial charge in [-0.1, -0.05) is 23.7 Å². The minimum atomic E-state index is -5.10. The van der Waals surface area contributed by atoms with Gasteiger partial charge in [0.25, 0.3) is 12.0 Å². The normalized spacial score (nSPS) is 17.3. The summed E-state index contributed by atoms with van der Waals surface area (Å²) >= 11 is 5.72. The van der Waals surface area contributed by atoms with Gasteiger partial charge in [-0.25, -0.2) is 22.5 Å². The Hall–Kier alpha value is -3.45. The Kier molecular flexibility index (Phi) is 8.31. The lowest BCUT2D eigenvalue weighted by atomic mass is 9.81. The van der Waals surface area contributed by atoms with Crippen molar-refractivity contribution in [2.45, 2.75) is 44.7 Å². The second-order valence-corrected chi connectivity index (χ2v) is 9.25. The van der Waals surface area contributed by atoms with Gasteiger partial charge in [-0.3, -0.25) is 9.59 Å². The molecule has 2 aromatic carbocycles. The number of nitrogens with one attached hydrogen (secondary N) is 2. The van der Waals surface area contributed by atoms with E-state index in [9.17, 15) is 35.9 Å². The third kappa shape index (κ3) is 6.59. The largest absolute Gasteiger partial charge is 0.417 e. The molecule has 1 aliphatic carbocycles. The van der Waals surface area contributed by atoms with Gasteiger partial charge in [0.2, 0.25) is 5.91 Å². The number of amides is 1. The molecule has 6 nitrogen and oxygen atoms in total. The van der Waals surface area contributed by atoms with Gasteiger partial charge < -0.3 is 15.0 Å². The van der Waals surface area contributed by atoms with Crippen LogP contribution in [0.15, 0.2) is 41.2 Å². The van der Waals surface area contributed by atoms with Crippen LogP contribution in [0.2, 0.25) is 5.02 Å². The highest BCUT2D eigenvalue weighted by molar-refractivity contribution is 6.30. The van der Waals surface area contributed by atoms with Crippen LogP contribution in [0, 0.1) is 17.6 Å². The van der Waals surface area contributed by atoms with E-state index in [1.165, 1.54) is 18.2 Å². The zero-order valence-corrected chi connectivity index (χ0v) is 20.5. The maximum Gasteiger partial charge on any atom is 0.417 e. The monoisotopic (exact) mass is 577 g/mol. The van der Waals surface area contributed by atoms with Gasteiger partial charge in [-0.05, 0) is 36.6 Å². The Morgan fingerprint density at radius 3 is 2.51 bits per heavy atom. The number of H-pyrrole nitrogens is 1. The van der Waals surface area contributed by atoms with Crippen LogP contribution in [0.4, 0.5) is 30.7 Å². The predicted molar refractivity (Wildman–Crippen MR) is 125 cm³/mol. The molecule has 14 heteroatoms. The zero-order chi connectivity index (χ0) is 28.5. The minimum Gasteiger partial charge on any atom is -0.373 e. The van der Waals surface area contributed by atoms with Crippen LogP contribution in [0.25, 0.3) is 11.4 Å². The van der Waals surface area contributed by atoms with E-state index in [0.29, 0.717) is 30.5 Å². The van der Waals surface area contributed by atoms with E-state index in [1.807, 2.05) is 4.98 Å². The molecule has 3 aromatic rings. The molecule has 0 bridgehead atoms. The molecule has 0 atom stereocenters. The Balaban J connectivity index is 1.43. The Bertz CT molecular complexity index is 1440. The van der Waals surface area contributed by atoms with E-state index in [2.05, 4.69) is 10.3 Å². The van der Waals surface area contributed by atoms with E-state index in [4.69, 9.17) is 16.3 Å². The molecule has 2 N–H and O–H groups in total. The molecule has 1 heterocycles. The summed E-state index contributed by atoms with van der Waals surface area (Å²) in [5.74, 6) is -4.05. The number of aromatic nitrogens is 2. The quantitative estimate of drug-likeness (QED) is 0.325. The Morgan fingerprint density at radius 2 is 1.87 bits per heavy atom. The number of rotatable bonds is 8. The summed E-state index contributed by atoms with van der Waals surface area (Å²) < 4.78 is 101. The summed E-state index contributed by atoms with van der Waals surface area (Å²) in [4.78, 5) is 29.4. The first-order valence-corrected chi connectivity index (χ1v) is 11.8. The number of nitrogens with zero attached hydrogens (tertiary/aromatic N) is 1. The summed E-state index contributed by atoms with van der Waals surface area (Å²) in [6.07, 6.45) is -8.00. The number of carbonyl (C=O) groups excluding carboxylic acids is 1. The number of alkyl halides is 5. The van der Waals surface area contributed by atoms with Gasteiger partial charge >= 0.3 is 6.18 Å². The molecule has 4 rings (SSSR count). The van der Waals surface area contributed by atoms with Crippen molar-refractivity contribution in [3.05, 3.63) is 85.8 Å². The number of halogens is 8. The van der Waals surface area contributed by atoms with Crippen molar-refractivity contribution < 1.29 is 40.3 Å². The average Bonchev–Trinajstić information content (AvgIpc) is 2.83.